The molecule has 2 heterocycles. The lowest BCUT2D eigenvalue weighted by Crippen LogP contribution is -2.32. The van der Waals surface area contributed by atoms with Crippen molar-refractivity contribution in [3.63, 3.8) is 0 Å². The van der Waals surface area contributed by atoms with Gasteiger partial charge in [0, 0.05) is 26.8 Å². The number of aliphatic imine (C=N–C) groups is 1. The number of nitriles is 1. The molecule has 0 saturated heterocycles. The van der Waals surface area contributed by atoms with Crippen LogP contribution in [0.15, 0.2) is 27.4 Å². The number of hydrogen-bond acceptors (Lipinski definition) is 7. The third kappa shape index (κ3) is 4.42. The molecular formula is C18H16Cl2F3N7O2S. The molecule has 1 atom stereocenters. The van der Waals surface area contributed by atoms with Gasteiger partial charge in [-0.2, -0.15) is 33.8 Å². The highest BCUT2D eigenvalue weighted by Gasteiger charge is 2.51. The van der Waals surface area contributed by atoms with Crippen LogP contribution in [-0.4, -0.2) is 56.3 Å². The topological polar surface area (TPSA) is 116 Å². The van der Waals surface area contributed by atoms with Crippen molar-refractivity contribution in [2.75, 3.05) is 26.9 Å². The van der Waals surface area contributed by atoms with Crippen molar-refractivity contribution >= 4 is 45.2 Å². The van der Waals surface area contributed by atoms with Crippen LogP contribution in [0.2, 0.25) is 10.0 Å². The monoisotopic (exact) mass is 521 g/mol. The summed E-state index contributed by atoms with van der Waals surface area (Å²) in [5.74, 6) is -0.185. The summed E-state index contributed by atoms with van der Waals surface area (Å²) in [6, 6.07) is 3.11. The van der Waals surface area contributed by atoms with Gasteiger partial charge >= 0.3 is 6.18 Å². The predicted octanol–water partition coefficient (Wildman–Crippen LogP) is 4.34. The molecule has 1 aliphatic heterocycles. The lowest BCUT2D eigenvalue weighted by Gasteiger charge is -2.22. The maximum absolute atomic E-state index is 13.2. The molecule has 9 nitrogen and oxygen atoms in total. The van der Waals surface area contributed by atoms with Gasteiger partial charge in [-0.25, -0.2) is 18.1 Å². The molecule has 1 aromatic heterocycles. The van der Waals surface area contributed by atoms with E-state index in [1.54, 1.807) is 14.1 Å². The van der Waals surface area contributed by atoms with Gasteiger partial charge in [0.25, 0.3) is 0 Å². The van der Waals surface area contributed by atoms with E-state index < -0.39 is 36.5 Å². The number of azo groups is 1. The van der Waals surface area contributed by atoms with Gasteiger partial charge in [-0.05, 0) is 12.1 Å². The third-order valence-electron chi connectivity index (χ3n) is 4.72. The second kappa shape index (κ2) is 8.58. The van der Waals surface area contributed by atoms with E-state index in [0.717, 1.165) is 10.9 Å². The fourth-order valence-corrected chi connectivity index (χ4v) is 5.13. The minimum Gasteiger partial charge on any atom is -0.369 e. The van der Waals surface area contributed by atoms with E-state index in [1.165, 1.54) is 11.2 Å². The summed E-state index contributed by atoms with van der Waals surface area (Å²) in [6.45, 7) is 0.0712. The predicted molar refractivity (Wildman–Crippen MR) is 116 cm³/mol. The first-order chi connectivity index (χ1) is 15.2. The van der Waals surface area contributed by atoms with Gasteiger partial charge in [0.2, 0.25) is 4.87 Å². The lowest BCUT2D eigenvalue weighted by molar-refractivity contribution is -0.137. The molecule has 3 rings (SSSR count). The molecule has 0 radical (unpaired) electrons. The van der Waals surface area contributed by atoms with Gasteiger partial charge in [-0.1, -0.05) is 23.2 Å². The molecule has 1 unspecified atom stereocenters. The Morgan fingerprint density at radius 1 is 1.30 bits per heavy atom. The molecule has 2 aromatic rings. The van der Waals surface area contributed by atoms with Crippen LogP contribution in [0.3, 0.4) is 0 Å². The molecule has 15 heteroatoms. The number of halogens is 5. The van der Waals surface area contributed by atoms with E-state index in [9.17, 15) is 26.9 Å². The molecular weight excluding hydrogens is 506 g/mol. The Kier molecular flexibility index (Phi) is 6.49. The quantitative estimate of drug-likeness (QED) is 0.428. The number of aromatic nitrogens is 2. The molecule has 0 bridgehead atoms. The van der Waals surface area contributed by atoms with Crippen molar-refractivity contribution in [1.82, 2.24) is 14.7 Å². The number of hydrogen-bond donors (Lipinski definition) is 0. The maximum atomic E-state index is 13.2. The van der Waals surface area contributed by atoms with Crippen LogP contribution in [0.25, 0.3) is 5.69 Å². The molecule has 0 aliphatic carbocycles. The van der Waals surface area contributed by atoms with Crippen LogP contribution < -0.4 is 0 Å². The molecule has 0 saturated carbocycles. The first-order valence-corrected chi connectivity index (χ1v) is 11.8. The summed E-state index contributed by atoms with van der Waals surface area (Å²) >= 11 is 12.3. The smallest absolute Gasteiger partial charge is 0.369 e. The fourth-order valence-electron chi connectivity index (χ4n) is 3.26. The van der Waals surface area contributed by atoms with Crippen LogP contribution in [0, 0.1) is 11.3 Å². The fraction of sp³-hybridized carbons (Fsp3) is 0.389. The van der Waals surface area contributed by atoms with E-state index in [0.29, 0.717) is 12.1 Å². The minimum absolute atomic E-state index is 0.0712. The van der Waals surface area contributed by atoms with Gasteiger partial charge in [0.05, 0.1) is 34.1 Å². The van der Waals surface area contributed by atoms with E-state index in [2.05, 4.69) is 20.3 Å². The Bertz CT molecular complexity index is 1290. The van der Waals surface area contributed by atoms with E-state index in [1.807, 2.05) is 6.07 Å². The van der Waals surface area contributed by atoms with Crippen molar-refractivity contribution in [2.24, 2.45) is 15.2 Å². The van der Waals surface area contributed by atoms with Gasteiger partial charge in [-0.15, -0.1) is 0 Å². The SMILES string of the molecule is CN(C)C=Nc1c(C2(S(C)(=O)=O)CCN=N2)c(C#N)nn1-c1c(Cl)cc(C(F)(F)F)cc1Cl. The van der Waals surface area contributed by atoms with Gasteiger partial charge in [0.15, 0.2) is 21.3 Å². The van der Waals surface area contributed by atoms with E-state index in [-0.39, 0.29) is 35.7 Å². The van der Waals surface area contributed by atoms with Crippen molar-refractivity contribution in [3.05, 3.63) is 39.0 Å². The van der Waals surface area contributed by atoms with Gasteiger partial charge in [0.1, 0.15) is 11.8 Å². The highest BCUT2D eigenvalue weighted by molar-refractivity contribution is 7.91. The minimum atomic E-state index is -4.71. The Balaban J connectivity index is 2.44. The molecule has 1 aliphatic rings. The van der Waals surface area contributed by atoms with Gasteiger partial charge < -0.3 is 4.90 Å². The molecule has 0 spiro atoms. The first kappa shape index (κ1) is 24.9. The second-order valence-corrected chi connectivity index (χ2v) is 10.4. The lowest BCUT2D eigenvalue weighted by atomic mass is 10.0. The van der Waals surface area contributed by atoms with E-state index >= 15 is 0 Å². The zero-order chi connectivity index (χ0) is 24.8. The Labute approximate surface area is 197 Å². The summed E-state index contributed by atoms with van der Waals surface area (Å²) in [4.78, 5) is 3.81. The van der Waals surface area contributed by atoms with Crippen LogP contribution in [0.5, 0.6) is 0 Å². The standard InChI is InChI=1S/C18H16Cl2F3N7O2S/c1-29(2)9-25-16-14(17(33(3,31)32)4-5-26-28-17)13(8-24)27-30(16)15-11(19)6-10(7-12(15)20)18(21,22)23/h6-7,9H,4-5H2,1-3H3. The van der Waals surface area contributed by atoms with Crippen LogP contribution in [-0.2, 0) is 20.9 Å². The molecule has 0 amide bonds. The largest absolute Gasteiger partial charge is 0.416 e. The van der Waals surface area contributed by atoms with Crippen molar-refractivity contribution < 1.29 is 21.6 Å². The molecule has 1 aromatic carbocycles. The normalized spacial score (nSPS) is 18.8. The van der Waals surface area contributed by atoms with Crippen LogP contribution >= 0.6 is 23.2 Å². The van der Waals surface area contributed by atoms with Crippen molar-refractivity contribution in [1.29, 1.82) is 5.26 Å². The van der Waals surface area contributed by atoms with Crippen LogP contribution in [0.1, 0.15) is 23.2 Å². The summed E-state index contributed by atoms with van der Waals surface area (Å²) in [7, 11) is -0.726. The number of nitrogens with zero attached hydrogens (tertiary/aromatic N) is 7. The number of rotatable bonds is 5. The third-order valence-corrected chi connectivity index (χ3v) is 7.01. The Hall–Kier alpha value is -2.69. The number of alkyl halides is 3. The Morgan fingerprint density at radius 2 is 1.91 bits per heavy atom. The number of sulfone groups is 1. The molecule has 0 fully saturated rings. The zero-order valence-corrected chi connectivity index (χ0v) is 19.7. The Morgan fingerprint density at radius 3 is 2.33 bits per heavy atom. The average molecular weight is 522 g/mol. The van der Waals surface area contributed by atoms with Crippen LogP contribution in [0.4, 0.5) is 19.0 Å². The summed E-state index contributed by atoms with van der Waals surface area (Å²) in [6.07, 6.45) is -2.56. The first-order valence-electron chi connectivity index (χ1n) is 9.12. The number of benzene rings is 1. The zero-order valence-electron chi connectivity index (χ0n) is 17.4. The average Bonchev–Trinajstić information content (AvgIpc) is 3.30. The summed E-state index contributed by atoms with van der Waals surface area (Å²) in [5.41, 5.74) is -1.83. The van der Waals surface area contributed by atoms with Crippen molar-refractivity contribution in [2.45, 2.75) is 17.5 Å². The molecule has 0 N–H and O–H groups in total. The van der Waals surface area contributed by atoms with Gasteiger partial charge in [-0.3, -0.25) is 0 Å². The highest BCUT2D eigenvalue weighted by Crippen LogP contribution is 2.47. The molecule has 33 heavy (non-hydrogen) atoms. The second-order valence-electron chi connectivity index (χ2n) is 7.34. The maximum Gasteiger partial charge on any atom is 0.416 e. The van der Waals surface area contributed by atoms with E-state index in [4.69, 9.17) is 23.2 Å². The molecule has 176 valence electrons. The summed E-state index contributed by atoms with van der Waals surface area (Å²) in [5, 5.41) is 20.7. The summed E-state index contributed by atoms with van der Waals surface area (Å²) < 4.78 is 66.1. The van der Waals surface area contributed by atoms with Crippen molar-refractivity contribution in [3.8, 4) is 11.8 Å². The highest BCUT2D eigenvalue weighted by atomic mass is 35.5.